The zero-order valence-corrected chi connectivity index (χ0v) is 10.5. The fourth-order valence-corrected chi connectivity index (χ4v) is 1.53. The maximum atomic E-state index is 11.8. The van der Waals surface area contributed by atoms with E-state index in [2.05, 4.69) is 11.2 Å². The van der Waals surface area contributed by atoms with E-state index >= 15 is 0 Å². The first-order chi connectivity index (χ1) is 8.69. The van der Waals surface area contributed by atoms with Crippen molar-refractivity contribution in [3.05, 3.63) is 23.8 Å². The maximum Gasteiger partial charge on any atom is 0.251 e. The number of ether oxygens (including phenoxy) is 1. The van der Waals surface area contributed by atoms with E-state index in [9.17, 15) is 4.79 Å². The molecule has 0 unspecified atom stereocenters. The molecule has 0 radical (unpaired) electrons. The summed E-state index contributed by atoms with van der Waals surface area (Å²) in [6.45, 7) is 0.618. The number of benzene rings is 1. The van der Waals surface area contributed by atoms with Crippen LogP contribution in [0.3, 0.4) is 0 Å². The number of methoxy groups -OCH3 is 1. The first-order valence-electron chi connectivity index (χ1n) is 5.84. The van der Waals surface area contributed by atoms with Crippen LogP contribution >= 0.6 is 0 Å². The number of nitrogen functional groups attached to an aromatic ring is 1. The Hall–Kier alpha value is -2.15. The maximum absolute atomic E-state index is 11.8. The number of hydrogen-bond acceptors (Lipinski definition) is 3. The molecule has 0 heterocycles. The number of rotatable bonds is 6. The zero-order chi connectivity index (χ0) is 13.4. The molecule has 1 amide bonds. The average molecular weight is 246 g/mol. The molecule has 1 rings (SSSR count). The Balaban J connectivity index is 2.47. The number of hydrogen-bond donors (Lipinski definition) is 2. The Bertz CT molecular complexity index is 450. The van der Waals surface area contributed by atoms with E-state index in [1.807, 2.05) is 0 Å². The van der Waals surface area contributed by atoms with Crippen molar-refractivity contribution >= 4 is 11.6 Å². The number of nitrogens with two attached hydrogens (primary N) is 1. The van der Waals surface area contributed by atoms with Crippen molar-refractivity contribution in [1.29, 1.82) is 0 Å². The molecule has 0 bridgehead atoms. The molecule has 0 aliphatic rings. The van der Waals surface area contributed by atoms with Crippen LogP contribution in [0.2, 0.25) is 0 Å². The third-order valence-electron chi connectivity index (χ3n) is 2.53. The zero-order valence-electron chi connectivity index (χ0n) is 10.5. The summed E-state index contributed by atoms with van der Waals surface area (Å²) in [5.41, 5.74) is 6.73. The molecule has 0 spiro atoms. The van der Waals surface area contributed by atoms with Gasteiger partial charge in [0.2, 0.25) is 0 Å². The lowest BCUT2D eigenvalue weighted by Gasteiger charge is -2.08. The molecule has 0 aliphatic carbocycles. The van der Waals surface area contributed by atoms with Gasteiger partial charge in [0.05, 0.1) is 12.8 Å². The van der Waals surface area contributed by atoms with Crippen molar-refractivity contribution < 1.29 is 9.53 Å². The second kappa shape index (κ2) is 7.23. The van der Waals surface area contributed by atoms with E-state index in [0.29, 0.717) is 23.5 Å². The number of anilines is 1. The minimum absolute atomic E-state index is 0.134. The summed E-state index contributed by atoms with van der Waals surface area (Å²) < 4.78 is 5.03. The molecule has 3 N–H and O–H groups in total. The van der Waals surface area contributed by atoms with Crippen molar-refractivity contribution in [2.45, 2.75) is 19.3 Å². The Morgan fingerprint density at radius 1 is 1.50 bits per heavy atom. The van der Waals surface area contributed by atoms with Crippen LogP contribution in [-0.4, -0.2) is 19.6 Å². The van der Waals surface area contributed by atoms with Gasteiger partial charge in [-0.25, -0.2) is 0 Å². The molecule has 96 valence electrons. The van der Waals surface area contributed by atoms with Crippen LogP contribution in [0.1, 0.15) is 29.6 Å². The van der Waals surface area contributed by atoms with Crippen LogP contribution in [-0.2, 0) is 0 Å². The van der Waals surface area contributed by atoms with Crippen molar-refractivity contribution in [2.24, 2.45) is 0 Å². The van der Waals surface area contributed by atoms with Gasteiger partial charge in [-0.15, -0.1) is 12.3 Å². The summed E-state index contributed by atoms with van der Waals surface area (Å²) in [5, 5.41) is 2.82. The average Bonchev–Trinajstić information content (AvgIpc) is 2.38. The van der Waals surface area contributed by atoms with Gasteiger partial charge in [-0.3, -0.25) is 4.79 Å². The fraction of sp³-hybridized carbons (Fsp3) is 0.357. The number of unbranched alkanes of at least 4 members (excludes halogenated alkanes) is 2. The SMILES string of the molecule is C#CCCCCNC(=O)c1ccc(OC)c(N)c1. The predicted octanol–water partition coefficient (Wildman–Crippen LogP) is 1.81. The molecular formula is C14H18N2O2. The first kappa shape index (κ1) is 13.9. The van der Waals surface area contributed by atoms with Gasteiger partial charge in [-0.1, -0.05) is 0 Å². The lowest BCUT2D eigenvalue weighted by Crippen LogP contribution is -2.24. The van der Waals surface area contributed by atoms with Crippen LogP contribution in [0.15, 0.2) is 18.2 Å². The second-order valence-electron chi connectivity index (χ2n) is 3.87. The number of carbonyl (C=O) groups is 1. The van der Waals surface area contributed by atoms with Gasteiger partial charge in [0, 0.05) is 18.5 Å². The van der Waals surface area contributed by atoms with Gasteiger partial charge in [0.1, 0.15) is 5.75 Å². The number of nitrogens with one attached hydrogen (secondary N) is 1. The summed E-state index contributed by atoms with van der Waals surface area (Å²) in [7, 11) is 1.54. The van der Waals surface area contributed by atoms with Gasteiger partial charge in [-0.05, 0) is 31.0 Å². The van der Waals surface area contributed by atoms with E-state index in [1.54, 1.807) is 18.2 Å². The molecule has 1 aromatic rings. The topological polar surface area (TPSA) is 64.3 Å². The van der Waals surface area contributed by atoms with Crippen LogP contribution in [0.4, 0.5) is 5.69 Å². The van der Waals surface area contributed by atoms with Crippen LogP contribution < -0.4 is 15.8 Å². The Kier molecular flexibility index (Phi) is 5.59. The third-order valence-corrected chi connectivity index (χ3v) is 2.53. The second-order valence-corrected chi connectivity index (χ2v) is 3.87. The molecule has 4 heteroatoms. The van der Waals surface area contributed by atoms with Gasteiger partial charge in [0.25, 0.3) is 5.91 Å². The molecule has 0 saturated heterocycles. The van der Waals surface area contributed by atoms with Crippen LogP contribution in [0.5, 0.6) is 5.75 Å². The number of amides is 1. The van der Waals surface area contributed by atoms with Crippen LogP contribution in [0, 0.1) is 12.3 Å². The smallest absolute Gasteiger partial charge is 0.251 e. The fourth-order valence-electron chi connectivity index (χ4n) is 1.53. The van der Waals surface area contributed by atoms with Crippen molar-refractivity contribution in [1.82, 2.24) is 5.32 Å². The van der Waals surface area contributed by atoms with Gasteiger partial charge >= 0.3 is 0 Å². The summed E-state index contributed by atoms with van der Waals surface area (Å²) in [6, 6.07) is 4.98. The molecular weight excluding hydrogens is 228 g/mol. The van der Waals surface area contributed by atoms with E-state index in [-0.39, 0.29) is 5.91 Å². The third kappa shape index (κ3) is 4.02. The Morgan fingerprint density at radius 2 is 2.28 bits per heavy atom. The summed E-state index contributed by atoms with van der Waals surface area (Å²) in [4.78, 5) is 11.8. The minimum atomic E-state index is -0.134. The Morgan fingerprint density at radius 3 is 2.89 bits per heavy atom. The van der Waals surface area contributed by atoms with Crippen molar-refractivity contribution in [3.8, 4) is 18.1 Å². The highest BCUT2D eigenvalue weighted by atomic mass is 16.5. The van der Waals surface area contributed by atoms with E-state index in [4.69, 9.17) is 16.9 Å². The summed E-state index contributed by atoms with van der Waals surface area (Å²) in [5.74, 6) is 3.00. The molecule has 1 aromatic carbocycles. The molecule has 0 fully saturated rings. The standard InChI is InChI=1S/C14H18N2O2/c1-3-4-5-6-9-16-14(17)11-7-8-13(18-2)12(15)10-11/h1,7-8,10H,4-6,9,15H2,2H3,(H,16,17). The molecule has 0 aliphatic heterocycles. The van der Waals surface area contributed by atoms with Gasteiger partial charge < -0.3 is 15.8 Å². The largest absolute Gasteiger partial charge is 0.495 e. The molecule has 18 heavy (non-hydrogen) atoms. The number of carbonyl (C=O) groups excluding carboxylic acids is 1. The van der Waals surface area contributed by atoms with E-state index in [1.165, 1.54) is 7.11 Å². The molecule has 0 saturated carbocycles. The highest BCUT2D eigenvalue weighted by Gasteiger charge is 2.07. The predicted molar refractivity (Wildman–Crippen MR) is 72.4 cm³/mol. The minimum Gasteiger partial charge on any atom is -0.495 e. The Labute approximate surface area is 108 Å². The molecule has 4 nitrogen and oxygen atoms in total. The van der Waals surface area contributed by atoms with Gasteiger partial charge in [-0.2, -0.15) is 0 Å². The normalized spacial score (nSPS) is 9.56. The van der Waals surface area contributed by atoms with Crippen molar-refractivity contribution in [3.63, 3.8) is 0 Å². The monoisotopic (exact) mass is 246 g/mol. The lowest BCUT2D eigenvalue weighted by atomic mass is 10.1. The van der Waals surface area contributed by atoms with E-state index < -0.39 is 0 Å². The highest BCUT2D eigenvalue weighted by Crippen LogP contribution is 2.21. The number of terminal acetylenes is 1. The quantitative estimate of drug-likeness (QED) is 0.457. The molecule has 0 atom stereocenters. The lowest BCUT2D eigenvalue weighted by molar-refractivity contribution is 0.0953. The first-order valence-corrected chi connectivity index (χ1v) is 5.84. The van der Waals surface area contributed by atoms with Crippen LogP contribution in [0.25, 0.3) is 0 Å². The summed E-state index contributed by atoms with van der Waals surface area (Å²) >= 11 is 0. The van der Waals surface area contributed by atoms with Gasteiger partial charge in [0.15, 0.2) is 0 Å². The molecule has 0 aromatic heterocycles. The van der Waals surface area contributed by atoms with Crippen molar-refractivity contribution in [2.75, 3.05) is 19.4 Å². The van der Waals surface area contributed by atoms with E-state index in [0.717, 1.165) is 19.3 Å². The highest BCUT2D eigenvalue weighted by molar-refractivity contribution is 5.95. The summed E-state index contributed by atoms with van der Waals surface area (Å²) in [6.07, 6.45) is 7.68.